The largest absolute Gasteiger partial charge is 0.296 e. The number of aromatic nitrogens is 4. The van der Waals surface area contributed by atoms with Gasteiger partial charge in [-0.15, -0.1) is 0 Å². The topological polar surface area (TPSA) is 67.2 Å². The molecule has 0 saturated carbocycles. The van der Waals surface area contributed by atoms with Gasteiger partial charge in [-0.3, -0.25) is 19.3 Å². The highest BCUT2D eigenvalue weighted by atomic mass is 16.2. The van der Waals surface area contributed by atoms with Gasteiger partial charge in [-0.05, 0) is 52.0 Å². The van der Waals surface area contributed by atoms with Crippen LogP contribution in [0.25, 0.3) is 0 Å². The van der Waals surface area contributed by atoms with Crippen LogP contribution in [0.15, 0.2) is 6.20 Å². The van der Waals surface area contributed by atoms with E-state index in [0.29, 0.717) is 12.3 Å². The van der Waals surface area contributed by atoms with Gasteiger partial charge >= 0.3 is 0 Å². The van der Waals surface area contributed by atoms with Gasteiger partial charge < -0.3 is 0 Å². The van der Waals surface area contributed by atoms with E-state index in [4.69, 9.17) is 9.97 Å². The minimum Gasteiger partial charge on any atom is -0.296 e. The molecule has 2 aromatic rings. The standard InChI is InChI=1S/C23H34N6O/c1-15(2)10-12-29-21(30)9-8-19-16(3)25-22(26-23(19)29)20-7-6-11-28(20)14-18-13-24-27(5)17(18)4/h13,15,20H,6-12,14H2,1-5H3/t20-/m0/s1. The smallest absolute Gasteiger partial charge is 0.228 e. The molecule has 0 radical (unpaired) electrons. The zero-order valence-electron chi connectivity index (χ0n) is 19.0. The van der Waals surface area contributed by atoms with Crippen molar-refractivity contribution in [3.05, 3.63) is 34.5 Å². The first kappa shape index (κ1) is 21.0. The summed E-state index contributed by atoms with van der Waals surface area (Å²) in [5.41, 5.74) is 4.64. The van der Waals surface area contributed by atoms with Crippen molar-refractivity contribution in [1.82, 2.24) is 24.6 Å². The second kappa shape index (κ2) is 8.46. The number of rotatable bonds is 6. The second-order valence-corrected chi connectivity index (χ2v) is 9.20. The minimum absolute atomic E-state index is 0.192. The van der Waals surface area contributed by atoms with Crippen LogP contribution < -0.4 is 4.90 Å². The predicted molar refractivity (Wildman–Crippen MR) is 117 cm³/mol. The van der Waals surface area contributed by atoms with Crippen LogP contribution in [0.4, 0.5) is 5.82 Å². The third kappa shape index (κ3) is 4.00. The van der Waals surface area contributed by atoms with Crippen LogP contribution in [0, 0.1) is 19.8 Å². The SMILES string of the molecule is Cc1nc([C@@H]2CCCN2Cc2cnn(C)c2C)nc2c1CCC(=O)N2CCC(C)C. The molecule has 0 aliphatic carbocycles. The van der Waals surface area contributed by atoms with Crippen molar-refractivity contribution < 1.29 is 4.79 Å². The van der Waals surface area contributed by atoms with Gasteiger partial charge in [-0.1, -0.05) is 13.8 Å². The molecule has 162 valence electrons. The lowest BCUT2D eigenvalue weighted by Crippen LogP contribution is -2.38. The summed E-state index contributed by atoms with van der Waals surface area (Å²) in [6.45, 7) is 11.2. The number of aryl methyl sites for hydroxylation is 2. The third-order valence-corrected chi connectivity index (χ3v) is 6.66. The maximum atomic E-state index is 12.7. The van der Waals surface area contributed by atoms with Crippen molar-refractivity contribution in [1.29, 1.82) is 0 Å². The summed E-state index contributed by atoms with van der Waals surface area (Å²) in [7, 11) is 1.99. The first-order valence-electron chi connectivity index (χ1n) is 11.2. The van der Waals surface area contributed by atoms with Crippen molar-refractivity contribution in [2.75, 3.05) is 18.0 Å². The van der Waals surface area contributed by atoms with Crippen molar-refractivity contribution >= 4 is 11.7 Å². The fourth-order valence-corrected chi connectivity index (χ4v) is 4.60. The Balaban J connectivity index is 1.63. The van der Waals surface area contributed by atoms with Gasteiger partial charge in [0.2, 0.25) is 5.91 Å². The molecule has 1 fully saturated rings. The van der Waals surface area contributed by atoms with Crippen molar-refractivity contribution in [3.63, 3.8) is 0 Å². The third-order valence-electron chi connectivity index (χ3n) is 6.66. The lowest BCUT2D eigenvalue weighted by molar-refractivity contribution is -0.119. The van der Waals surface area contributed by atoms with Gasteiger partial charge in [0.25, 0.3) is 0 Å². The van der Waals surface area contributed by atoms with Crippen molar-refractivity contribution in [3.8, 4) is 0 Å². The first-order valence-corrected chi connectivity index (χ1v) is 11.2. The Bertz CT molecular complexity index is 934. The van der Waals surface area contributed by atoms with Gasteiger partial charge in [0.1, 0.15) is 11.6 Å². The van der Waals surface area contributed by atoms with Gasteiger partial charge in [0.15, 0.2) is 0 Å². The predicted octanol–water partition coefficient (Wildman–Crippen LogP) is 3.49. The Morgan fingerprint density at radius 1 is 1.20 bits per heavy atom. The van der Waals surface area contributed by atoms with E-state index >= 15 is 0 Å². The van der Waals surface area contributed by atoms with Crippen LogP contribution in [0.2, 0.25) is 0 Å². The molecule has 30 heavy (non-hydrogen) atoms. The molecule has 4 rings (SSSR count). The van der Waals surface area contributed by atoms with E-state index in [2.05, 4.69) is 37.7 Å². The average molecular weight is 411 g/mol. The number of carbonyl (C=O) groups is 1. The highest BCUT2D eigenvalue weighted by Gasteiger charge is 2.33. The molecule has 0 spiro atoms. The lowest BCUT2D eigenvalue weighted by atomic mass is 10.0. The van der Waals surface area contributed by atoms with E-state index in [1.54, 1.807) is 0 Å². The molecule has 0 bridgehead atoms. The molecule has 1 amide bonds. The van der Waals surface area contributed by atoms with Crippen molar-refractivity contribution in [2.45, 2.75) is 72.4 Å². The van der Waals surface area contributed by atoms with E-state index in [-0.39, 0.29) is 11.9 Å². The molecule has 2 aliphatic rings. The molecule has 2 aromatic heterocycles. The molecular formula is C23H34N6O. The maximum Gasteiger partial charge on any atom is 0.228 e. The van der Waals surface area contributed by atoms with Crippen LogP contribution in [-0.2, 0) is 24.8 Å². The molecular weight excluding hydrogens is 376 g/mol. The molecule has 0 N–H and O–H groups in total. The Kier molecular flexibility index (Phi) is 5.91. The Morgan fingerprint density at radius 3 is 2.70 bits per heavy atom. The fourth-order valence-electron chi connectivity index (χ4n) is 4.60. The Morgan fingerprint density at radius 2 is 2.00 bits per heavy atom. The van der Waals surface area contributed by atoms with E-state index < -0.39 is 0 Å². The van der Waals surface area contributed by atoms with E-state index in [9.17, 15) is 4.79 Å². The number of anilines is 1. The van der Waals surface area contributed by atoms with E-state index in [1.807, 2.05) is 22.8 Å². The summed E-state index contributed by atoms with van der Waals surface area (Å²) in [5.74, 6) is 2.48. The molecule has 2 aliphatic heterocycles. The monoisotopic (exact) mass is 410 g/mol. The van der Waals surface area contributed by atoms with Gasteiger partial charge in [-0.2, -0.15) is 5.10 Å². The number of amides is 1. The van der Waals surface area contributed by atoms with Crippen LogP contribution >= 0.6 is 0 Å². The molecule has 7 heteroatoms. The number of nitrogens with zero attached hydrogens (tertiary/aromatic N) is 6. The molecule has 1 atom stereocenters. The van der Waals surface area contributed by atoms with Gasteiger partial charge in [0.05, 0.1) is 12.2 Å². The second-order valence-electron chi connectivity index (χ2n) is 9.20. The quantitative estimate of drug-likeness (QED) is 0.729. The molecule has 1 saturated heterocycles. The molecule has 4 heterocycles. The molecule has 0 unspecified atom stereocenters. The molecule has 7 nitrogen and oxygen atoms in total. The number of hydrogen-bond donors (Lipinski definition) is 0. The van der Waals surface area contributed by atoms with Crippen LogP contribution in [0.5, 0.6) is 0 Å². The minimum atomic E-state index is 0.192. The summed E-state index contributed by atoms with van der Waals surface area (Å²) < 4.78 is 1.93. The number of carbonyl (C=O) groups excluding carboxylic acids is 1. The highest BCUT2D eigenvalue weighted by molar-refractivity contribution is 5.95. The van der Waals surface area contributed by atoms with Crippen molar-refractivity contribution in [2.24, 2.45) is 13.0 Å². The van der Waals surface area contributed by atoms with Crippen LogP contribution in [0.3, 0.4) is 0 Å². The number of likely N-dealkylation sites (tertiary alicyclic amines) is 1. The first-order chi connectivity index (χ1) is 14.3. The number of fused-ring (bicyclic) bond motifs is 1. The summed E-state index contributed by atoms with van der Waals surface area (Å²) in [4.78, 5) is 27.0. The summed E-state index contributed by atoms with van der Waals surface area (Å²) in [5, 5.41) is 4.40. The van der Waals surface area contributed by atoms with E-state index in [0.717, 1.165) is 68.2 Å². The van der Waals surface area contributed by atoms with Crippen LogP contribution in [0.1, 0.15) is 73.9 Å². The van der Waals surface area contributed by atoms with E-state index in [1.165, 1.54) is 11.3 Å². The Hall–Kier alpha value is -2.28. The highest BCUT2D eigenvalue weighted by Crippen LogP contribution is 2.35. The summed E-state index contributed by atoms with van der Waals surface area (Å²) >= 11 is 0. The zero-order chi connectivity index (χ0) is 21.4. The fraction of sp³-hybridized carbons (Fsp3) is 0.652. The molecule has 0 aromatic carbocycles. The van der Waals surface area contributed by atoms with Crippen LogP contribution in [-0.4, -0.2) is 43.6 Å². The zero-order valence-corrected chi connectivity index (χ0v) is 19.0. The number of hydrogen-bond acceptors (Lipinski definition) is 5. The maximum absolute atomic E-state index is 12.7. The normalized spacial score (nSPS) is 19.7. The van der Waals surface area contributed by atoms with Gasteiger partial charge in [0, 0.05) is 49.1 Å². The summed E-state index contributed by atoms with van der Waals surface area (Å²) in [6, 6.07) is 0.192. The average Bonchev–Trinajstić information content (AvgIpc) is 3.29. The Labute approximate surface area is 179 Å². The van der Waals surface area contributed by atoms with Gasteiger partial charge in [-0.25, -0.2) is 9.97 Å². The summed E-state index contributed by atoms with van der Waals surface area (Å²) in [6.07, 6.45) is 6.46. The lowest BCUT2D eigenvalue weighted by Gasteiger charge is -2.31.